The molecule has 26 nitrogen and oxygen atoms in total. The van der Waals surface area contributed by atoms with Gasteiger partial charge >= 0.3 is 41.1 Å². The van der Waals surface area contributed by atoms with Crippen molar-refractivity contribution in [3.05, 3.63) is 104 Å². The molecule has 1 saturated heterocycles. The zero-order chi connectivity index (χ0) is 48.5. The number of phosphoric acid groups is 3. The Bertz CT molecular complexity index is 2420. The highest BCUT2D eigenvalue weighted by atomic mass is 31.3. The van der Waals surface area contributed by atoms with Gasteiger partial charge in [-0.3, -0.25) is 23.7 Å². The number of H-pyrrole nitrogens is 1. The van der Waals surface area contributed by atoms with Crippen molar-refractivity contribution in [2.75, 3.05) is 46.2 Å². The molecule has 358 valence electrons. The summed E-state index contributed by atoms with van der Waals surface area (Å²) >= 11 is 0. The van der Waals surface area contributed by atoms with Crippen LogP contribution in [0, 0.1) is 11.8 Å². The topological polar surface area (TPSA) is 402 Å². The third kappa shape index (κ3) is 18.2. The average molecular weight is 979 g/mol. The fraction of sp³-hybridized carbons (Fsp3) is 0.417. The molecule has 1 aromatic carbocycles. The number of hydrogen-bond donors (Lipinski definition) is 9. The van der Waals surface area contributed by atoms with Gasteiger partial charge in [0, 0.05) is 37.4 Å². The first-order valence-electron chi connectivity index (χ1n) is 18.9. The lowest BCUT2D eigenvalue weighted by Crippen LogP contribution is -2.33. The summed E-state index contributed by atoms with van der Waals surface area (Å²) in [6, 6.07) is 4.73. The molecule has 12 N–H and O–H groups in total. The molecule has 1 aliphatic rings. The van der Waals surface area contributed by atoms with Crippen LogP contribution in [0.3, 0.4) is 0 Å². The number of benzene rings is 1. The molecule has 0 saturated carbocycles. The smallest absolute Gasteiger partial charge is 0.456 e. The van der Waals surface area contributed by atoms with Crippen molar-refractivity contribution in [2.24, 2.45) is 17.2 Å². The van der Waals surface area contributed by atoms with Gasteiger partial charge in [0.15, 0.2) is 6.61 Å². The predicted octanol–water partition coefficient (Wildman–Crippen LogP) is -0.241. The van der Waals surface area contributed by atoms with Gasteiger partial charge in [0.2, 0.25) is 5.91 Å². The Balaban J connectivity index is 1.83. The molecule has 3 rings (SSSR count). The van der Waals surface area contributed by atoms with Crippen LogP contribution in [0.25, 0.3) is 0 Å². The van der Waals surface area contributed by atoms with Gasteiger partial charge in [0.25, 0.3) is 5.56 Å². The highest BCUT2D eigenvalue weighted by molar-refractivity contribution is 7.66. The summed E-state index contributed by atoms with van der Waals surface area (Å²) in [6.45, 7) is 5.85. The van der Waals surface area contributed by atoms with Crippen LogP contribution in [0.4, 0.5) is 0 Å². The summed E-state index contributed by atoms with van der Waals surface area (Å²) in [4.78, 5) is 104. The minimum Gasteiger partial charge on any atom is -0.456 e. The lowest BCUT2D eigenvalue weighted by atomic mass is 10.0. The zero-order valence-electron chi connectivity index (χ0n) is 34.7. The van der Waals surface area contributed by atoms with E-state index in [1.54, 1.807) is 26.0 Å². The lowest BCUT2D eigenvalue weighted by molar-refractivity contribution is -0.137. The predicted molar refractivity (Wildman–Crippen MR) is 225 cm³/mol. The number of rotatable bonds is 24. The van der Waals surface area contributed by atoms with E-state index in [0.29, 0.717) is 18.7 Å². The first-order valence-corrected chi connectivity index (χ1v) is 23.4. The maximum absolute atomic E-state index is 13.4. The van der Waals surface area contributed by atoms with Crippen molar-refractivity contribution in [2.45, 2.75) is 50.8 Å². The third-order valence-corrected chi connectivity index (χ3v) is 12.1. The number of nitrogens with one attached hydrogen (secondary N) is 2. The fourth-order valence-electron chi connectivity index (χ4n) is 5.55. The van der Waals surface area contributed by atoms with Crippen LogP contribution in [-0.2, 0) is 60.1 Å². The molecular weight excluding hydrogens is 929 g/mol. The number of carbonyl (C=O) groups excluding carboxylic acids is 3. The van der Waals surface area contributed by atoms with Crippen molar-refractivity contribution in [1.82, 2.24) is 14.9 Å². The van der Waals surface area contributed by atoms with Gasteiger partial charge in [-0.2, -0.15) is 8.62 Å². The van der Waals surface area contributed by atoms with Crippen LogP contribution in [0.5, 0.6) is 0 Å². The Kier molecular flexibility index (Phi) is 21.2. The monoisotopic (exact) mass is 978 g/mol. The molecule has 0 spiro atoms. The number of ether oxygens (including phenoxy) is 5. The number of carbonyl (C=O) groups is 3. The minimum absolute atomic E-state index is 0.0166. The third-order valence-electron chi connectivity index (χ3n) is 8.31. The number of aromatic amines is 1. The summed E-state index contributed by atoms with van der Waals surface area (Å²) in [7, 11) is -17.3. The molecule has 7 atom stereocenters. The summed E-state index contributed by atoms with van der Waals surface area (Å²) in [5, 5.41) is 2.43. The summed E-state index contributed by atoms with van der Waals surface area (Å²) in [5.41, 5.74) is 15.4. The number of aromatic nitrogens is 2. The van der Waals surface area contributed by atoms with E-state index in [9.17, 15) is 47.5 Å². The van der Waals surface area contributed by atoms with E-state index in [1.807, 2.05) is 4.98 Å². The molecule has 65 heavy (non-hydrogen) atoms. The van der Waals surface area contributed by atoms with E-state index in [-0.39, 0.29) is 42.1 Å². The second-order valence-electron chi connectivity index (χ2n) is 13.4. The SMILES string of the molecule is C=C/C(=C(\C=C/NC(=O)COCCOCCN)C(=O)OCC#Cc1cn([C@H]2C[C@@H](OC(=O)c3ccccc3C(C)N)C(COP(=O)(O)OP(=O)(O)OP(=O)(O)O)O2)c(=O)[nH]c1=O)C(C)N. The van der Waals surface area contributed by atoms with Crippen molar-refractivity contribution < 1.29 is 84.5 Å². The molecule has 1 fully saturated rings. The van der Waals surface area contributed by atoms with Crippen molar-refractivity contribution in [3.63, 3.8) is 0 Å². The quantitative estimate of drug-likeness (QED) is 0.0164. The summed E-state index contributed by atoms with van der Waals surface area (Å²) in [5.74, 6) is 2.46. The van der Waals surface area contributed by atoms with Crippen LogP contribution in [-0.4, -0.2) is 111 Å². The zero-order valence-corrected chi connectivity index (χ0v) is 37.4. The minimum atomic E-state index is -5.91. The Labute approximate surface area is 370 Å². The van der Waals surface area contributed by atoms with E-state index in [2.05, 4.69) is 32.4 Å². The molecule has 2 heterocycles. The molecule has 1 aliphatic heterocycles. The van der Waals surface area contributed by atoms with Gasteiger partial charge in [-0.05, 0) is 37.1 Å². The molecule has 0 radical (unpaired) electrons. The Morgan fingerprint density at radius 2 is 1.74 bits per heavy atom. The normalized spacial score (nSPS) is 19.4. The number of hydrogen-bond acceptors (Lipinski definition) is 19. The first-order chi connectivity index (χ1) is 30.5. The van der Waals surface area contributed by atoms with E-state index < -0.39 is 103 Å². The van der Waals surface area contributed by atoms with Crippen molar-refractivity contribution >= 4 is 41.3 Å². The van der Waals surface area contributed by atoms with Gasteiger partial charge in [-0.1, -0.05) is 42.7 Å². The number of esters is 2. The first kappa shape index (κ1) is 54.6. The standard InChI is InChI=1S/C36H49N6O20P3/c1-4-25(22(2)38)28(11-13-40-31(43)21-56-17-16-55-15-12-37)34(45)57-14-7-8-24-19-42(36(47)41-33(24)44)32-18-29(60-35(46)27-10-6-5-9-26(27)23(3)39)30(59-32)20-58-64(51,52)62-65(53,54)61-63(48,49)50/h4-6,9-11,13,19,22-23,29-30,32H,1,12,14-18,20-21,37-39H2,2-3H3,(H,40,43)(H,51,52)(H,53,54)(H,41,44,47)(H2,48,49,50)/b13-11-,28-25-/t22?,23?,29-,30?,32-/m1/s1. The molecule has 0 bridgehead atoms. The molecule has 5 unspecified atom stereocenters. The van der Waals surface area contributed by atoms with Crippen LogP contribution < -0.4 is 33.8 Å². The Hall–Kier alpha value is -4.74. The summed E-state index contributed by atoms with van der Waals surface area (Å²) < 4.78 is 75.5. The van der Waals surface area contributed by atoms with Crippen molar-refractivity contribution in [1.29, 1.82) is 0 Å². The van der Waals surface area contributed by atoms with Gasteiger partial charge in [-0.15, -0.1) is 0 Å². The van der Waals surface area contributed by atoms with Crippen LogP contribution in [0.2, 0.25) is 0 Å². The number of nitrogens with zero attached hydrogens (tertiary/aromatic N) is 1. The van der Waals surface area contributed by atoms with Gasteiger partial charge in [0.05, 0.1) is 37.6 Å². The van der Waals surface area contributed by atoms with Crippen LogP contribution in [0.1, 0.15) is 54.0 Å². The maximum Gasteiger partial charge on any atom is 0.490 e. The van der Waals surface area contributed by atoms with Gasteiger partial charge < -0.3 is 65.8 Å². The lowest BCUT2D eigenvalue weighted by Gasteiger charge is -2.21. The van der Waals surface area contributed by atoms with Gasteiger partial charge in [0.1, 0.15) is 30.6 Å². The molecule has 2 aromatic rings. The van der Waals surface area contributed by atoms with E-state index in [4.69, 9.17) is 55.2 Å². The molecule has 1 amide bonds. The average Bonchev–Trinajstić information content (AvgIpc) is 3.60. The van der Waals surface area contributed by atoms with Crippen molar-refractivity contribution in [3.8, 4) is 11.8 Å². The summed E-state index contributed by atoms with van der Waals surface area (Å²) in [6.07, 6.45) is -0.207. The Morgan fingerprint density at radius 3 is 2.38 bits per heavy atom. The van der Waals surface area contributed by atoms with E-state index >= 15 is 0 Å². The number of nitrogens with two attached hydrogens (primary N) is 3. The molecule has 29 heteroatoms. The molecule has 1 aromatic heterocycles. The second-order valence-corrected chi connectivity index (χ2v) is 17.8. The maximum atomic E-state index is 13.4. The largest absolute Gasteiger partial charge is 0.490 e. The molecule has 0 aliphatic carbocycles. The van der Waals surface area contributed by atoms with Crippen LogP contribution >= 0.6 is 23.5 Å². The highest BCUT2D eigenvalue weighted by Gasteiger charge is 2.44. The Morgan fingerprint density at radius 1 is 1.05 bits per heavy atom. The van der Waals surface area contributed by atoms with E-state index in [1.165, 1.54) is 24.3 Å². The number of amides is 1. The van der Waals surface area contributed by atoms with E-state index in [0.717, 1.165) is 17.0 Å². The van der Waals surface area contributed by atoms with Gasteiger partial charge in [-0.25, -0.2) is 28.1 Å². The highest BCUT2D eigenvalue weighted by Crippen LogP contribution is 2.66. The number of phosphoric ester groups is 1. The second kappa shape index (κ2) is 25.2. The molecular formula is C36H49N6O20P3. The fourth-order valence-corrected chi connectivity index (χ4v) is 8.58. The van der Waals surface area contributed by atoms with Crippen LogP contribution in [0.15, 0.2) is 76.1 Å².